The summed E-state index contributed by atoms with van der Waals surface area (Å²) in [5, 5.41) is 3.40. The Morgan fingerprint density at radius 1 is 1.31 bits per heavy atom. The van der Waals surface area contributed by atoms with Crippen molar-refractivity contribution >= 4 is 5.91 Å². The standard InChI is InChI=1S/C12H20N2O2/c15-11(10-1-2-10)14-6-3-12(4-7-14)9-13-5-8-16-12/h10,13H,1-9H2. The molecule has 0 aromatic heterocycles. The molecule has 3 aliphatic rings. The van der Waals surface area contributed by atoms with Gasteiger partial charge in [0, 0.05) is 32.1 Å². The number of hydrogen-bond acceptors (Lipinski definition) is 3. The third-order valence-electron chi connectivity index (χ3n) is 4.05. The van der Waals surface area contributed by atoms with Crippen molar-refractivity contribution in [3.63, 3.8) is 0 Å². The summed E-state index contributed by atoms with van der Waals surface area (Å²) in [4.78, 5) is 13.9. The quantitative estimate of drug-likeness (QED) is 0.700. The molecule has 0 aromatic carbocycles. The number of piperidine rings is 1. The van der Waals surface area contributed by atoms with Crippen molar-refractivity contribution in [2.45, 2.75) is 31.3 Å². The minimum absolute atomic E-state index is 0.0264. The molecule has 1 amide bonds. The zero-order valence-electron chi connectivity index (χ0n) is 9.71. The van der Waals surface area contributed by atoms with Gasteiger partial charge in [-0.1, -0.05) is 0 Å². The van der Waals surface area contributed by atoms with Crippen molar-refractivity contribution in [2.75, 3.05) is 32.8 Å². The van der Waals surface area contributed by atoms with Crippen LogP contribution in [0.2, 0.25) is 0 Å². The van der Waals surface area contributed by atoms with E-state index in [0.29, 0.717) is 11.8 Å². The molecule has 1 N–H and O–H groups in total. The van der Waals surface area contributed by atoms with Crippen LogP contribution in [0.15, 0.2) is 0 Å². The number of carbonyl (C=O) groups excluding carboxylic acids is 1. The molecule has 0 unspecified atom stereocenters. The molecular formula is C12H20N2O2. The van der Waals surface area contributed by atoms with Crippen LogP contribution in [0.25, 0.3) is 0 Å². The van der Waals surface area contributed by atoms with Gasteiger partial charge in [-0.05, 0) is 25.7 Å². The van der Waals surface area contributed by atoms with E-state index in [0.717, 1.165) is 58.5 Å². The predicted octanol–water partition coefficient (Wildman–Crippen LogP) is 0.377. The third-order valence-corrected chi connectivity index (χ3v) is 4.05. The van der Waals surface area contributed by atoms with E-state index in [-0.39, 0.29) is 5.60 Å². The largest absolute Gasteiger partial charge is 0.372 e. The highest BCUT2D eigenvalue weighted by Gasteiger charge is 2.41. The van der Waals surface area contributed by atoms with Crippen LogP contribution in [0, 0.1) is 5.92 Å². The van der Waals surface area contributed by atoms with Crippen LogP contribution in [-0.2, 0) is 9.53 Å². The lowest BCUT2D eigenvalue weighted by molar-refractivity contribution is -0.141. The lowest BCUT2D eigenvalue weighted by Gasteiger charge is -2.44. The first-order valence-electron chi connectivity index (χ1n) is 6.43. The number of amides is 1. The first-order valence-corrected chi connectivity index (χ1v) is 6.43. The van der Waals surface area contributed by atoms with Gasteiger partial charge in [0.15, 0.2) is 0 Å². The van der Waals surface area contributed by atoms with E-state index >= 15 is 0 Å². The second-order valence-corrected chi connectivity index (χ2v) is 5.31. The van der Waals surface area contributed by atoms with Gasteiger partial charge in [-0.15, -0.1) is 0 Å². The average molecular weight is 224 g/mol. The maximum absolute atomic E-state index is 11.9. The molecule has 0 atom stereocenters. The van der Waals surface area contributed by atoms with Gasteiger partial charge in [0.05, 0.1) is 12.2 Å². The number of likely N-dealkylation sites (tertiary alicyclic amines) is 1. The minimum atomic E-state index is 0.0264. The van der Waals surface area contributed by atoms with E-state index < -0.39 is 0 Å². The van der Waals surface area contributed by atoms with Crippen molar-refractivity contribution in [3.8, 4) is 0 Å². The highest BCUT2D eigenvalue weighted by Crippen LogP contribution is 2.34. The Labute approximate surface area is 96.3 Å². The van der Waals surface area contributed by atoms with Gasteiger partial charge in [0.2, 0.25) is 5.91 Å². The second-order valence-electron chi connectivity index (χ2n) is 5.31. The van der Waals surface area contributed by atoms with E-state index in [1.807, 2.05) is 4.90 Å². The number of nitrogens with zero attached hydrogens (tertiary/aromatic N) is 1. The fourth-order valence-electron chi connectivity index (χ4n) is 2.75. The number of carbonyl (C=O) groups is 1. The molecule has 90 valence electrons. The van der Waals surface area contributed by atoms with Gasteiger partial charge in [-0.3, -0.25) is 4.79 Å². The first kappa shape index (κ1) is 10.5. The van der Waals surface area contributed by atoms with Gasteiger partial charge in [-0.2, -0.15) is 0 Å². The predicted molar refractivity (Wildman–Crippen MR) is 60.1 cm³/mol. The summed E-state index contributed by atoms with van der Waals surface area (Å²) >= 11 is 0. The van der Waals surface area contributed by atoms with Crippen LogP contribution < -0.4 is 5.32 Å². The number of nitrogens with one attached hydrogen (secondary N) is 1. The Kier molecular flexibility index (Phi) is 2.64. The summed E-state index contributed by atoms with van der Waals surface area (Å²) in [5.41, 5.74) is 0.0264. The van der Waals surface area contributed by atoms with Crippen LogP contribution in [0.1, 0.15) is 25.7 Å². The van der Waals surface area contributed by atoms with E-state index in [1.54, 1.807) is 0 Å². The number of rotatable bonds is 1. The van der Waals surface area contributed by atoms with E-state index in [4.69, 9.17) is 4.74 Å². The molecule has 3 rings (SSSR count). The Balaban J connectivity index is 1.56. The second kappa shape index (κ2) is 4.00. The lowest BCUT2D eigenvalue weighted by atomic mass is 9.90. The Bertz CT molecular complexity index is 273. The highest BCUT2D eigenvalue weighted by atomic mass is 16.5. The molecule has 1 saturated carbocycles. The van der Waals surface area contributed by atoms with Crippen molar-refractivity contribution in [1.82, 2.24) is 10.2 Å². The Morgan fingerprint density at radius 2 is 2.06 bits per heavy atom. The Hall–Kier alpha value is -0.610. The molecule has 0 bridgehead atoms. The molecule has 3 fully saturated rings. The van der Waals surface area contributed by atoms with Gasteiger partial charge >= 0.3 is 0 Å². The van der Waals surface area contributed by atoms with Crippen LogP contribution in [0.4, 0.5) is 0 Å². The van der Waals surface area contributed by atoms with E-state index in [1.165, 1.54) is 0 Å². The Morgan fingerprint density at radius 3 is 2.62 bits per heavy atom. The van der Waals surface area contributed by atoms with Crippen molar-refractivity contribution < 1.29 is 9.53 Å². The SMILES string of the molecule is O=C(C1CC1)N1CCC2(CC1)CNCCO2. The summed E-state index contributed by atoms with van der Waals surface area (Å²) in [5.74, 6) is 0.748. The van der Waals surface area contributed by atoms with Gasteiger partial charge in [0.25, 0.3) is 0 Å². The summed E-state index contributed by atoms with van der Waals surface area (Å²) in [6.07, 6.45) is 4.22. The zero-order valence-corrected chi connectivity index (χ0v) is 9.71. The van der Waals surface area contributed by atoms with Crippen LogP contribution in [0.5, 0.6) is 0 Å². The third kappa shape index (κ3) is 1.96. The van der Waals surface area contributed by atoms with Crippen molar-refractivity contribution in [1.29, 1.82) is 0 Å². The number of ether oxygens (including phenoxy) is 1. The van der Waals surface area contributed by atoms with Gasteiger partial charge in [-0.25, -0.2) is 0 Å². The monoisotopic (exact) mass is 224 g/mol. The molecule has 16 heavy (non-hydrogen) atoms. The van der Waals surface area contributed by atoms with Gasteiger partial charge < -0.3 is 15.0 Å². The van der Waals surface area contributed by atoms with Crippen LogP contribution in [0.3, 0.4) is 0 Å². The van der Waals surface area contributed by atoms with E-state index in [2.05, 4.69) is 5.32 Å². The maximum Gasteiger partial charge on any atom is 0.225 e. The molecule has 2 saturated heterocycles. The van der Waals surface area contributed by atoms with Crippen molar-refractivity contribution in [2.24, 2.45) is 5.92 Å². The number of hydrogen-bond donors (Lipinski definition) is 1. The van der Waals surface area contributed by atoms with Crippen LogP contribution in [-0.4, -0.2) is 49.2 Å². The molecule has 2 aliphatic heterocycles. The minimum Gasteiger partial charge on any atom is -0.372 e. The molecule has 1 aliphatic carbocycles. The normalized spacial score (nSPS) is 29.4. The average Bonchev–Trinajstić information content (AvgIpc) is 3.14. The molecule has 0 aromatic rings. The van der Waals surface area contributed by atoms with Gasteiger partial charge in [0.1, 0.15) is 0 Å². The smallest absolute Gasteiger partial charge is 0.225 e. The van der Waals surface area contributed by atoms with E-state index in [9.17, 15) is 4.79 Å². The maximum atomic E-state index is 11.9. The first-order chi connectivity index (χ1) is 7.79. The summed E-state index contributed by atoms with van der Waals surface area (Å²) < 4.78 is 5.91. The summed E-state index contributed by atoms with van der Waals surface area (Å²) in [6.45, 7) is 4.51. The molecule has 4 heteroatoms. The van der Waals surface area contributed by atoms with Crippen molar-refractivity contribution in [3.05, 3.63) is 0 Å². The molecule has 1 spiro atoms. The molecule has 4 nitrogen and oxygen atoms in total. The highest BCUT2D eigenvalue weighted by molar-refractivity contribution is 5.81. The fourth-order valence-corrected chi connectivity index (χ4v) is 2.75. The molecule has 2 heterocycles. The zero-order chi connectivity index (χ0) is 11.0. The molecular weight excluding hydrogens is 204 g/mol. The molecule has 0 radical (unpaired) electrons. The lowest BCUT2D eigenvalue weighted by Crippen LogP contribution is -2.56. The summed E-state index contributed by atoms with van der Waals surface area (Å²) in [6, 6.07) is 0. The fraction of sp³-hybridized carbons (Fsp3) is 0.917. The topological polar surface area (TPSA) is 41.6 Å². The van der Waals surface area contributed by atoms with Crippen LogP contribution >= 0.6 is 0 Å². The summed E-state index contributed by atoms with van der Waals surface area (Å²) in [7, 11) is 0. The number of morpholine rings is 1.